The van der Waals surface area contributed by atoms with Gasteiger partial charge in [0.05, 0.1) is 0 Å². The molecule has 0 atom stereocenters. The monoisotopic (exact) mass is 444 g/mol. The molecule has 0 aromatic rings. The van der Waals surface area contributed by atoms with Gasteiger partial charge in [-0.2, -0.15) is 0 Å². The van der Waals surface area contributed by atoms with Crippen LogP contribution >= 0.6 is 0 Å². The van der Waals surface area contributed by atoms with E-state index in [1.165, 1.54) is 51.4 Å². The van der Waals surface area contributed by atoms with E-state index in [1.807, 2.05) is 0 Å². The van der Waals surface area contributed by atoms with Crippen LogP contribution in [0.3, 0.4) is 0 Å². The molecule has 11 heteroatoms. The van der Waals surface area contributed by atoms with Gasteiger partial charge in [0.25, 0.3) is 0 Å². The molecule has 0 aliphatic heterocycles. The summed E-state index contributed by atoms with van der Waals surface area (Å²) in [4.78, 5) is 55.4. The molecule has 0 aliphatic carbocycles. The van der Waals surface area contributed by atoms with E-state index >= 15 is 0 Å². The molecule has 0 aromatic heterocycles. The molecule has 0 heterocycles. The molecule has 0 saturated heterocycles. The highest BCUT2D eigenvalue weighted by Gasteiger charge is 2.52. The minimum atomic E-state index is -4.89. The molecule has 0 aliphatic rings. The zero-order chi connectivity index (χ0) is 20.8. The van der Waals surface area contributed by atoms with Crippen LogP contribution in [0.5, 0.6) is 0 Å². The van der Waals surface area contributed by atoms with E-state index < -0.39 is 26.7 Å². The normalized spacial score (nSPS) is 13.3. The lowest BCUT2D eigenvalue weighted by Crippen LogP contribution is -2.60. The van der Waals surface area contributed by atoms with Crippen molar-refractivity contribution < 1.29 is 37.0 Å². The summed E-state index contributed by atoms with van der Waals surface area (Å²) in [6, 6.07) is 0.395. The van der Waals surface area contributed by atoms with Crippen molar-refractivity contribution in [3.8, 4) is 0 Å². The summed E-state index contributed by atoms with van der Waals surface area (Å²) in [5, 5.41) is 0. The van der Waals surface area contributed by atoms with E-state index in [1.54, 1.807) is 6.92 Å². The fourth-order valence-electron chi connectivity index (χ4n) is 3.18. The molecule has 0 aromatic carbocycles. The number of rotatable bonds is 18. The first-order valence-electron chi connectivity index (χ1n) is 10.3. The van der Waals surface area contributed by atoms with Crippen LogP contribution in [0.4, 0.5) is 0 Å². The van der Waals surface area contributed by atoms with E-state index in [4.69, 9.17) is 8.23 Å². The molecule has 0 rings (SSSR count). The van der Waals surface area contributed by atoms with E-state index in [2.05, 4.69) is 6.92 Å². The van der Waals surface area contributed by atoms with Crippen LogP contribution in [0, 0.1) is 0 Å². The zero-order valence-corrected chi connectivity index (χ0v) is 19.9. The summed E-state index contributed by atoms with van der Waals surface area (Å²) in [5.41, 5.74) is 0. The highest BCUT2D eigenvalue weighted by molar-refractivity contribution is 6.80. The summed E-state index contributed by atoms with van der Waals surface area (Å²) in [6.45, 7) is 3.85. The van der Waals surface area contributed by atoms with Gasteiger partial charge < -0.3 is 37.0 Å². The Hall–Kier alpha value is 0.331. The maximum absolute atomic E-state index is 9.23. The standard InChI is InChI=1S/C16H40O8Si3/c1-3-5-6-7-8-9-10-11-12-13-14-15-16-25(4-2,23-26(17,18)19)24-27(20,21)22/h17-22H,3-16H2,1-2H3. The summed E-state index contributed by atoms with van der Waals surface area (Å²) in [5.74, 6) is 0. The van der Waals surface area contributed by atoms with Gasteiger partial charge in [0.2, 0.25) is 0 Å². The molecule has 27 heavy (non-hydrogen) atoms. The minimum absolute atomic E-state index is 0.151. The van der Waals surface area contributed by atoms with E-state index in [0.29, 0.717) is 6.42 Å². The van der Waals surface area contributed by atoms with Crippen molar-refractivity contribution in [3.05, 3.63) is 0 Å². The van der Waals surface area contributed by atoms with Crippen molar-refractivity contribution in [1.29, 1.82) is 0 Å². The van der Waals surface area contributed by atoms with E-state index in [9.17, 15) is 28.8 Å². The summed E-state index contributed by atoms with van der Waals surface area (Å²) >= 11 is 0. The van der Waals surface area contributed by atoms with Crippen molar-refractivity contribution in [1.82, 2.24) is 0 Å². The first-order valence-corrected chi connectivity index (χ1v) is 16.0. The highest BCUT2D eigenvalue weighted by atomic mass is 28.5. The van der Waals surface area contributed by atoms with Crippen molar-refractivity contribution in [3.63, 3.8) is 0 Å². The minimum Gasteiger partial charge on any atom is -0.371 e. The Kier molecular flexibility index (Phi) is 14.5. The van der Waals surface area contributed by atoms with Gasteiger partial charge in [0.15, 0.2) is 0 Å². The Balaban J connectivity index is 4.03. The van der Waals surface area contributed by atoms with Crippen LogP contribution in [-0.2, 0) is 8.23 Å². The number of unbranched alkanes of at least 4 members (excludes halogenated alkanes) is 11. The van der Waals surface area contributed by atoms with Crippen LogP contribution in [0.25, 0.3) is 0 Å². The molecule has 0 bridgehead atoms. The zero-order valence-electron chi connectivity index (χ0n) is 16.9. The highest BCUT2D eigenvalue weighted by Crippen LogP contribution is 2.26. The van der Waals surface area contributed by atoms with Crippen molar-refractivity contribution in [2.75, 3.05) is 0 Å². The van der Waals surface area contributed by atoms with Gasteiger partial charge in [-0.3, -0.25) is 0 Å². The Labute approximate surface area is 167 Å². The third-order valence-electron chi connectivity index (χ3n) is 4.60. The molecule has 6 N–H and O–H groups in total. The predicted octanol–water partition coefficient (Wildman–Crippen LogP) is 2.01. The number of hydrogen-bond donors (Lipinski definition) is 6. The predicted molar refractivity (Wildman–Crippen MR) is 109 cm³/mol. The average molecular weight is 445 g/mol. The van der Waals surface area contributed by atoms with Crippen molar-refractivity contribution >= 4 is 26.7 Å². The van der Waals surface area contributed by atoms with Gasteiger partial charge in [-0.1, -0.05) is 90.9 Å². The van der Waals surface area contributed by atoms with Crippen LogP contribution in [-0.4, -0.2) is 55.4 Å². The second-order valence-corrected chi connectivity index (χ2v) is 14.2. The van der Waals surface area contributed by atoms with Gasteiger partial charge in [0.1, 0.15) is 0 Å². The van der Waals surface area contributed by atoms with Gasteiger partial charge in [0, 0.05) is 0 Å². The maximum atomic E-state index is 9.23. The van der Waals surface area contributed by atoms with Gasteiger partial charge in [-0.15, -0.1) is 0 Å². The average Bonchev–Trinajstić information content (AvgIpc) is 2.52. The Morgan fingerprint density at radius 1 is 0.519 bits per heavy atom. The molecular formula is C16H40O8Si3. The van der Waals surface area contributed by atoms with E-state index in [-0.39, 0.29) is 12.1 Å². The number of hydrogen-bond acceptors (Lipinski definition) is 8. The lowest BCUT2D eigenvalue weighted by atomic mass is 10.1. The van der Waals surface area contributed by atoms with Crippen molar-refractivity contribution in [2.45, 2.75) is 103 Å². The quantitative estimate of drug-likeness (QED) is 0.139. The van der Waals surface area contributed by atoms with Gasteiger partial charge in [-0.25, -0.2) is 0 Å². The maximum Gasteiger partial charge on any atom is 0.662 e. The smallest absolute Gasteiger partial charge is 0.371 e. The Morgan fingerprint density at radius 3 is 1.15 bits per heavy atom. The van der Waals surface area contributed by atoms with E-state index in [0.717, 1.165) is 19.3 Å². The Bertz CT molecular complexity index is 345. The fraction of sp³-hybridized carbons (Fsp3) is 1.00. The van der Waals surface area contributed by atoms with Gasteiger partial charge >= 0.3 is 26.7 Å². The molecule has 164 valence electrons. The first-order chi connectivity index (χ1) is 12.5. The van der Waals surface area contributed by atoms with Crippen LogP contribution in [0.2, 0.25) is 12.1 Å². The molecule has 0 amide bonds. The second kappa shape index (κ2) is 14.3. The molecular weight excluding hydrogens is 404 g/mol. The summed E-state index contributed by atoms with van der Waals surface area (Å²) < 4.78 is 9.86. The van der Waals surface area contributed by atoms with Crippen LogP contribution in [0.15, 0.2) is 0 Å². The fourth-order valence-corrected chi connectivity index (χ4v) is 10.8. The van der Waals surface area contributed by atoms with Crippen LogP contribution in [0.1, 0.15) is 90.9 Å². The molecule has 0 fully saturated rings. The SMILES string of the molecule is CCCCCCCCCCCCCC[Si](CC)(O[Si](O)(O)O)O[Si](O)(O)O. The molecule has 0 radical (unpaired) electrons. The largest absolute Gasteiger partial charge is 0.662 e. The lowest BCUT2D eigenvalue weighted by Gasteiger charge is -2.33. The van der Waals surface area contributed by atoms with Gasteiger partial charge in [-0.05, 0) is 12.1 Å². The molecule has 0 saturated carbocycles. The van der Waals surface area contributed by atoms with Crippen LogP contribution < -0.4 is 0 Å². The van der Waals surface area contributed by atoms with Crippen molar-refractivity contribution in [2.24, 2.45) is 0 Å². The second-order valence-electron chi connectivity index (χ2n) is 7.26. The summed E-state index contributed by atoms with van der Waals surface area (Å²) in [6.07, 6.45) is 13.9. The topological polar surface area (TPSA) is 140 Å². The molecule has 8 nitrogen and oxygen atoms in total. The third kappa shape index (κ3) is 16.9. The molecule has 0 spiro atoms. The molecule has 0 unspecified atom stereocenters. The third-order valence-corrected chi connectivity index (χ3v) is 12.0. The first kappa shape index (κ1) is 27.3. The lowest BCUT2D eigenvalue weighted by molar-refractivity contribution is 0.0771. The Morgan fingerprint density at radius 2 is 0.852 bits per heavy atom. The summed E-state index contributed by atoms with van der Waals surface area (Å²) in [7, 11) is -13.3.